The zero-order chi connectivity index (χ0) is 17.0. The first-order chi connectivity index (χ1) is 10.5. The Morgan fingerprint density at radius 1 is 1.17 bits per heavy atom. The smallest absolute Gasteiger partial charge is 0.489 e. The minimum Gasteiger partial charge on any atom is -0.489 e. The van der Waals surface area contributed by atoms with E-state index in [9.17, 15) is 13.2 Å². The summed E-state index contributed by atoms with van der Waals surface area (Å²) in [5, 5.41) is 0. The van der Waals surface area contributed by atoms with Crippen LogP contribution in [0.15, 0.2) is 12.3 Å². The molecule has 0 radical (unpaired) electrons. The van der Waals surface area contributed by atoms with E-state index < -0.39 is 30.2 Å². The molecule has 23 heavy (non-hydrogen) atoms. The summed E-state index contributed by atoms with van der Waals surface area (Å²) in [6.07, 6.45) is -1.59. The second-order valence-electron chi connectivity index (χ2n) is 7.01. The van der Waals surface area contributed by atoms with E-state index in [0.29, 0.717) is 5.75 Å². The van der Waals surface area contributed by atoms with Crippen LogP contribution in [0, 0.1) is 0 Å². The molecule has 1 aliphatic carbocycles. The van der Waals surface area contributed by atoms with Crippen molar-refractivity contribution in [2.45, 2.75) is 64.0 Å². The van der Waals surface area contributed by atoms with Crippen LogP contribution in [0.5, 0.6) is 5.75 Å². The van der Waals surface area contributed by atoms with Gasteiger partial charge in [0.2, 0.25) is 0 Å². The lowest BCUT2D eigenvalue weighted by Crippen LogP contribution is -2.41. The van der Waals surface area contributed by atoms with E-state index in [1.165, 1.54) is 6.07 Å². The lowest BCUT2D eigenvalue weighted by atomic mass is 9.77. The third-order valence-electron chi connectivity index (χ3n) is 4.49. The number of hydrogen-bond acceptors (Lipinski definition) is 4. The molecule has 0 aromatic carbocycles. The van der Waals surface area contributed by atoms with E-state index in [2.05, 4.69) is 4.98 Å². The molecule has 2 fully saturated rings. The molecule has 8 heteroatoms. The minimum atomic E-state index is -4.59. The molecule has 1 saturated carbocycles. The predicted octanol–water partition coefficient (Wildman–Crippen LogP) is 2.94. The van der Waals surface area contributed by atoms with Crippen molar-refractivity contribution >= 4 is 12.6 Å². The normalized spacial score (nSPS) is 23.2. The predicted molar refractivity (Wildman–Crippen MR) is 78.6 cm³/mol. The van der Waals surface area contributed by atoms with Crippen LogP contribution in [-0.2, 0) is 15.5 Å². The summed E-state index contributed by atoms with van der Waals surface area (Å²) in [5.74, 6) is 0.310. The first-order valence-electron chi connectivity index (χ1n) is 7.59. The van der Waals surface area contributed by atoms with Crippen molar-refractivity contribution in [1.29, 1.82) is 0 Å². The zero-order valence-corrected chi connectivity index (χ0v) is 13.5. The summed E-state index contributed by atoms with van der Waals surface area (Å²) >= 11 is 0. The van der Waals surface area contributed by atoms with Gasteiger partial charge in [0, 0.05) is 5.46 Å². The molecule has 2 heterocycles. The highest BCUT2D eigenvalue weighted by molar-refractivity contribution is 6.62. The second kappa shape index (κ2) is 5.11. The van der Waals surface area contributed by atoms with Crippen LogP contribution in [-0.4, -0.2) is 29.4 Å². The van der Waals surface area contributed by atoms with E-state index >= 15 is 0 Å². The molecule has 0 unspecified atom stereocenters. The standard InChI is InChI=1S/C15H19BF3NO3/c1-13(2)14(3,4)23-16(22-13)11-7-10(21-9-5-6-9)8-20-12(11)15(17,18)19/h7-9H,5-6H2,1-4H3. The molecular formula is C15H19BF3NO3. The highest BCUT2D eigenvalue weighted by Gasteiger charge is 2.54. The van der Waals surface area contributed by atoms with Crippen LogP contribution >= 0.6 is 0 Å². The molecular weight excluding hydrogens is 310 g/mol. The third-order valence-corrected chi connectivity index (χ3v) is 4.49. The summed E-state index contributed by atoms with van der Waals surface area (Å²) in [5.41, 5.74) is -2.60. The Morgan fingerprint density at radius 2 is 1.74 bits per heavy atom. The van der Waals surface area contributed by atoms with Gasteiger partial charge in [0.05, 0.1) is 23.5 Å². The van der Waals surface area contributed by atoms with Crippen LogP contribution < -0.4 is 10.2 Å². The highest BCUT2D eigenvalue weighted by Crippen LogP contribution is 2.38. The molecule has 0 bridgehead atoms. The van der Waals surface area contributed by atoms with Crippen molar-refractivity contribution in [3.05, 3.63) is 18.0 Å². The second-order valence-corrected chi connectivity index (χ2v) is 7.01. The average molecular weight is 329 g/mol. The number of nitrogens with zero attached hydrogens (tertiary/aromatic N) is 1. The van der Waals surface area contributed by atoms with Gasteiger partial charge >= 0.3 is 13.3 Å². The van der Waals surface area contributed by atoms with Crippen molar-refractivity contribution in [3.63, 3.8) is 0 Å². The van der Waals surface area contributed by atoms with E-state index in [1.807, 2.05) is 0 Å². The van der Waals surface area contributed by atoms with Gasteiger partial charge in [0.15, 0.2) is 0 Å². The van der Waals surface area contributed by atoms with Crippen molar-refractivity contribution in [3.8, 4) is 5.75 Å². The maximum absolute atomic E-state index is 13.3. The molecule has 126 valence electrons. The van der Waals surface area contributed by atoms with E-state index in [0.717, 1.165) is 19.0 Å². The minimum absolute atomic E-state index is 0.0692. The molecule has 1 aliphatic heterocycles. The number of rotatable bonds is 3. The van der Waals surface area contributed by atoms with Crippen LogP contribution in [0.25, 0.3) is 0 Å². The zero-order valence-electron chi connectivity index (χ0n) is 13.5. The number of alkyl halides is 3. The molecule has 0 amide bonds. The van der Waals surface area contributed by atoms with Crippen LogP contribution in [0.1, 0.15) is 46.2 Å². The topological polar surface area (TPSA) is 40.6 Å². The average Bonchev–Trinajstić information content (AvgIpc) is 3.16. The lowest BCUT2D eigenvalue weighted by molar-refractivity contribution is -0.140. The molecule has 0 atom stereocenters. The summed E-state index contributed by atoms with van der Waals surface area (Å²) in [7, 11) is -1.13. The maximum Gasteiger partial charge on any atom is 0.497 e. The monoisotopic (exact) mass is 329 g/mol. The van der Waals surface area contributed by atoms with E-state index in [-0.39, 0.29) is 11.6 Å². The van der Waals surface area contributed by atoms with Gasteiger partial charge in [-0.1, -0.05) is 0 Å². The van der Waals surface area contributed by atoms with Gasteiger partial charge in [-0.25, -0.2) is 4.98 Å². The number of hydrogen-bond donors (Lipinski definition) is 0. The van der Waals surface area contributed by atoms with Gasteiger partial charge in [0.25, 0.3) is 0 Å². The number of aromatic nitrogens is 1. The largest absolute Gasteiger partial charge is 0.497 e. The fourth-order valence-electron chi connectivity index (χ4n) is 2.29. The Hall–Kier alpha value is -1.28. The van der Waals surface area contributed by atoms with Gasteiger partial charge in [-0.2, -0.15) is 13.2 Å². The Kier molecular flexibility index (Phi) is 3.68. The first-order valence-corrected chi connectivity index (χ1v) is 7.59. The fourth-order valence-corrected chi connectivity index (χ4v) is 2.29. The van der Waals surface area contributed by atoms with Crippen molar-refractivity contribution < 1.29 is 27.2 Å². The van der Waals surface area contributed by atoms with E-state index in [1.54, 1.807) is 27.7 Å². The summed E-state index contributed by atoms with van der Waals surface area (Å²) in [6, 6.07) is 1.33. The fraction of sp³-hybridized carbons (Fsp3) is 0.667. The van der Waals surface area contributed by atoms with Crippen LogP contribution in [0.4, 0.5) is 13.2 Å². The lowest BCUT2D eigenvalue weighted by Gasteiger charge is -2.32. The quantitative estimate of drug-likeness (QED) is 0.800. The molecule has 0 N–H and O–H groups in total. The molecule has 1 saturated heterocycles. The summed E-state index contributed by atoms with van der Waals surface area (Å²) in [6.45, 7) is 7.16. The van der Waals surface area contributed by atoms with Gasteiger partial charge < -0.3 is 14.0 Å². The van der Waals surface area contributed by atoms with Gasteiger partial charge in [-0.3, -0.25) is 0 Å². The molecule has 1 aromatic heterocycles. The summed E-state index contributed by atoms with van der Waals surface area (Å²) < 4.78 is 56.9. The Labute approximate surface area is 133 Å². The number of ether oxygens (including phenoxy) is 1. The van der Waals surface area contributed by atoms with E-state index in [4.69, 9.17) is 14.0 Å². The number of halogens is 3. The molecule has 2 aliphatic rings. The van der Waals surface area contributed by atoms with Crippen molar-refractivity contribution in [1.82, 2.24) is 4.98 Å². The number of pyridine rings is 1. The Balaban J connectivity index is 1.98. The highest BCUT2D eigenvalue weighted by atomic mass is 19.4. The van der Waals surface area contributed by atoms with Crippen molar-refractivity contribution in [2.75, 3.05) is 0 Å². The Bertz CT molecular complexity index is 598. The molecule has 4 nitrogen and oxygen atoms in total. The van der Waals surface area contributed by atoms with Crippen molar-refractivity contribution in [2.24, 2.45) is 0 Å². The van der Waals surface area contributed by atoms with Gasteiger partial charge in [-0.15, -0.1) is 0 Å². The van der Waals surface area contributed by atoms with Crippen LogP contribution in [0.2, 0.25) is 0 Å². The first kappa shape index (κ1) is 16.6. The molecule has 3 rings (SSSR count). The van der Waals surface area contributed by atoms with Gasteiger partial charge in [-0.05, 0) is 46.6 Å². The molecule has 0 spiro atoms. The van der Waals surface area contributed by atoms with Crippen LogP contribution in [0.3, 0.4) is 0 Å². The van der Waals surface area contributed by atoms with Gasteiger partial charge in [0.1, 0.15) is 11.4 Å². The Morgan fingerprint density at radius 3 is 2.22 bits per heavy atom. The maximum atomic E-state index is 13.3. The SMILES string of the molecule is CC1(C)OB(c2cc(OC3CC3)cnc2C(F)(F)F)OC1(C)C. The summed E-state index contributed by atoms with van der Waals surface area (Å²) in [4.78, 5) is 3.56. The molecule has 1 aromatic rings. The third kappa shape index (κ3) is 3.19.